The van der Waals surface area contributed by atoms with Crippen molar-refractivity contribution in [3.8, 4) is 0 Å². The third kappa shape index (κ3) is 3.96. The number of benzene rings is 3. The van der Waals surface area contributed by atoms with Gasteiger partial charge in [0, 0.05) is 47.1 Å². The average Bonchev–Trinajstić information content (AvgIpc) is 2.82. The van der Waals surface area contributed by atoms with E-state index in [-0.39, 0.29) is 0 Å². The van der Waals surface area contributed by atoms with Crippen LogP contribution in [0.3, 0.4) is 0 Å². The maximum atomic E-state index is 4.99. The molecule has 32 heavy (non-hydrogen) atoms. The number of hydrogen-bond donors (Lipinski definition) is 0. The third-order valence-electron chi connectivity index (χ3n) is 5.59. The number of fused-ring (bicyclic) bond motifs is 5. The number of pyridine rings is 2. The first-order chi connectivity index (χ1) is 15.7. The van der Waals surface area contributed by atoms with Crippen molar-refractivity contribution in [1.29, 1.82) is 0 Å². The zero-order chi connectivity index (χ0) is 21.9. The molecule has 0 radical (unpaired) electrons. The highest BCUT2D eigenvalue weighted by Crippen LogP contribution is 2.28. The molecule has 0 saturated heterocycles. The molecule has 3 aromatic carbocycles. The van der Waals surface area contributed by atoms with Crippen molar-refractivity contribution in [2.24, 2.45) is 9.98 Å². The molecule has 0 saturated carbocycles. The molecule has 5 rings (SSSR count). The predicted molar refractivity (Wildman–Crippen MR) is 138 cm³/mol. The molecule has 0 aliphatic rings. The van der Waals surface area contributed by atoms with Gasteiger partial charge in [0.2, 0.25) is 0 Å². The summed E-state index contributed by atoms with van der Waals surface area (Å²) < 4.78 is 0. The highest BCUT2D eigenvalue weighted by Gasteiger charge is 2.08. The lowest BCUT2D eigenvalue weighted by Crippen LogP contribution is -1.91. The van der Waals surface area contributed by atoms with Crippen LogP contribution in [0.4, 0.5) is 0 Å². The lowest BCUT2D eigenvalue weighted by molar-refractivity contribution is 0.937. The van der Waals surface area contributed by atoms with Gasteiger partial charge >= 0.3 is 0 Å². The molecule has 5 aromatic rings. The van der Waals surface area contributed by atoms with Crippen LogP contribution in [-0.4, -0.2) is 35.5 Å². The summed E-state index contributed by atoms with van der Waals surface area (Å²) in [6.45, 7) is 5.98. The summed E-state index contributed by atoms with van der Waals surface area (Å²) in [6.07, 6.45) is 6.00. The van der Waals surface area contributed by atoms with Crippen molar-refractivity contribution in [1.82, 2.24) is 9.97 Å². The topological polar surface area (TPSA) is 50.5 Å². The van der Waals surface area contributed by atoms with Crippen LogP contribution in [0, 0.1) is 0 Å². The third-order valence-corrected chi connectivity index (χ3v) is 5.59. The molecule has 2 heterocycles. The summed E-state index contributed by atoms with van der Waals surface area (Å²) in [5.74, 6) is 0. The molecule has 4 nitrogen and oxygen atoms in total. The molecule has 0 atom stereocenters. The van der Waals surface area contributed by atoms with Crippen LogP contribution in [0.5, 0.6) is 0 Å². The minimum atomic E-state index is 0.854. The van der Waals surface area contributed by atoms with E-state index < -0.39 is 0 Å². The first kappa shape index (κ1) is 20.3. The fraction of sp³-hybridized carbons (Fsp3) is 0.214. The van der Waals surface area contributed by atoms with E-state index in [9.17, 15) is 0 Å². The Labute approximate surface area is 187 Å². The minimum absolute atomic E-state index is 0.854. The van der Waals surface area contributed by atoms with Gasteiger partial charge in [-0.15, -0.1) is 0 Å². The van der Waals surface area contributed by atoms with Gasteiger partial charge in [-0.3, -0.25) is 9.98 Å². The number of aliphatic imine (C=N–C) groups is 2. The molecule has 4 heteroatoms. The second kappa shape index (κ2) is 8.83. The SMILES string of the molecule is CCCN=Cc1ccc2nc3c(ccc4cc5cc(C=NCCC)ccc5nc43)cc2c1. The van der Waals surface area contributed by atoms with E-state index in [1.54, 1.807) is 0 Å². The van der Waals surface area contributed by atoms with E-state index in [0.717, 1.165) is 80.7 Å². The van der Waals surface area contributed by atoms with Gasteiger partial charge in [-0.25, -0.2) is 9.97 Å². The zero-order valence-electron chi connectivity index (χ0n) is 18.5. The second-order valence-corrected chi connectivity index (χ2v) is 8.16. The first-order valence-corrected chi connectivity index (χ1v) is 11.3. The van der Waals surface area contributed by atoms with E-state index in [4.69, 9.17) is 9.97 Å². The molecule has 0 fully saturated rings. The normalized spacial score (nSPS) is 12.3. The summed E-state index contributed by atoms with van der Waals surface area (Å²) in [4.78, 5) is 18.9. The standard InChI is InChI=1S/C28H26N4/c1-3-11-29-17-19-5-9-25-23(13-19)15-21-7-8-22-16-24-14-20(18-30-12-4-2)6-10-26(24)32-28(22)27(21)31-25/h5-10,13-18H,3-4,11-12H2,1-2H3. The van der Waals surface area contributed by atoms with Crippen molar-refractivity contribution in [3.05, 3.63) is 71.8 Å². The van der Waals surface area contributed by atoms with Crippen molar-refractivity contribution in [2.75, 3.05) is 13.1 Å². The fourth-order valence-corrected chi connectivity index (χ4v) is 3.99. The monoisotopic (exact) mass is 418 g/mol. The van der Waals surface area contributed by atoms with Gasteiger partial charge in [0.25, 0.3) is 0 Å². The van der Waals surface area contributed by atoms with Crippen LogP contribution >= 0.6 is 0 Å². The molecule has 0 amide bonds. The molecule has 0 N–H and O–H groups in total. The van der Waals surface area contributed by atoms with E-state index >= 15 is 0 Å². The van der Waals surface area contributed by atoms with E-state index in [2.05, 4.69) is 84.5 Å². The Kier molecular flexibility index (Phi) is 5.59. The predicted octanol–water partition coefficient (Wildman–Crippen LogP) is 6.75. The molecule has 0 aliphatic carbocycles. The Bertz CT molecular complexity index is 1380. The van der Waals surface area contributed by atoms with Crippen molar-refractivity contribution in [2.45, 2.75) is 26.7 Å². The van der Waals surface area contributed by atoms with Gasteiger partial charge in [0.05, 0.1) is 22.1 Å². The summed E-state index contributed by atoms with van der Waals surface area (Å²) in [5.41, 5.74) is 6.05. The van der Waals surface area contributed by atoms with Gasteiger partial charge in [-0.2, -0.15) is 0 Å². The molecule has 0 bridgehead atoms. The Morgan fingerprint density at radius 3 is 1.50 bits per heavy atom. The molecule has 158 valence electrons. The van der Waals surface area contributed by atoms with Crippen LogP contribution in [0.2, 0.25) is 0 Å². The Morgan fingerprint density at radius 1 is 0.594 bits per heavy atom. The van der Waals surface area contributed by atoms with E-state index in [1.165, 1.54) is 0 Å². The van der Waals surface area contributed by atoms with Gasteiger partial charge in [0.15, 0.2) is 0 Å². The molecule has 0 unspecified atom stereocenters. The Hall–Kier alpha value is -3.66. The Balaban J connectivity index is 1.62. The van der Waals surface area contributed by atoms with Crippen LogP contribution in [0.15, 0.2) is 70.6 Å². The number of aromatic nitrogens is 2. The van der Waals surface area contributed by atoms with E-state index in [0.29, 0.717) is 0 Å². The minimum Gasteiger partial charge on any atom is -0.293 e. The zero-order valence-corrected chi connectivity index (χ0v) is 18.5. The first-order valence-electron chi connectivity index (χ1n) is 11.3. The van der Waals surface area contributed by atoms with Gasteiger partial charge in [-0.05, 0) is 60.4 Å². The van der Waals surface area contributed by atoms with Crippen LogP contribution in [0.25, 0.3) is 43.6 Å². The summed E-state index contributed by atoms with van der Waals surface area (Å²) in [7, 11) is 0. The second-order valence-electron chi connectivity index (χ2n) is 8.16. The van der Waals surface area contributed by atoms with Crippen LogP contribution in [-0.2, 0) is 0 Å². The smallest absolute Gasteiger partial charge is 0.0972 e. The number of hydrogen-bond acceptors (Lipinski definition) is 4. The Morgan fingerprint density at radius 2 is 1.06 bits per heavy atom. The van der Waals surface area contributed by atoms with Crippen molar-refractivity contribution < 1.29 is 0 Å². The molecular weight excluding hydrogens is 392 g/mol. The highest BCUT2D eigenvalue weighted by atomic mass is 14.8. The summed E-state index contributed by atoms with van der Waals surface area (Å²) in [5, 5.41) is 4.44. The molecule has 0 aliphatic heterocycles. The largest absolute Gasteiger partial charge is 0.293 e. The summed E-state index contributed by atoms with van der Waals surface area (Å²) in [6, 6.07) is 21.3. The van der Waals surface area contributed by atoms with Gasteiger partial charge in [-0.1, -0.05) is 38.1 Å². The maximum absolute atomic E-state index is 4.99. The van der Waals surface area contributed by atoms with Crippen molar-refractivity contribution >= 4 is 56.0 Å². The molecular formula is C28H26N4. The quantitative estimate of drug-likeness (QED) is 0.174. The highest BCUT2D eigenvalue weighted by molar-refractivity contribution is 6.09. The van der Waals surface area contributed by atoms with Gasteiger partial charge in [0.1, 0.15) is 0 Å². The molecule has 2 aromatic heterocycles. The lowest BCUT2D eigenvalue weighted by Gasteiger charge is -2.08. The number of rotatable bonds is 6. The lowest BCUT2D eigenvalue weighted by atomic mass is 10.0. The van der Waals surface area contributed by atoms with E-state index in [1.807, 2.05) is 12.4 Å². The average molecular weight is 419 g/mol. The van der Waals surface area contributed by atoms with Gasteiger partial charge < -0.3 is 0 Å². The van der Waals surface area contributed by atoms with Crippen LogP contribution < -0.4 is 0 Å². The molecule has 0 spiro atoms. The summed E-state index contributed by atoms with van der Waals surface area (Å²) >= 11 is 0. The maximum Gasteiger partial charge on any atom is 0.0972 e. The van der Waals surface area contributed by atoms with Crippen molar-refractivity contribution in [3.63, 3.8) is 0 Å². The number of nitrogens with zero attached hydrogens (tertiary/aromatic N) is 4. The van der Waals surface area contributed by atoms with Crippen LogP contribution in [0.1, 0.15) is 37.8 Å². The fourth-order valence-electron chi connectivity index (χ4n) is 3.99.